The van der Waals surface area contributed by atoms with Crippen LogP contribution in [0.1, 0.15) is 6.92 Å². The van der Waals surface area contributed by atoms with Crippen molar-refractivity contribution in [2.45, 2.75) is 6.92 Å². The van der Waals surface area contributed by atoms with Crippen LogP contribution in [0.25, 0.3) is 0 Å². The van der Waals surface area contributed by atoms with Crippen LogP contribution >= 0.6 is 23.4 Å². The maximum absolute atomic E-state index is 5.81. The molecule has 0 aliphatic carbocycles. The Bertz CT molecular complexity index is 361. The fraction of sp³-hybridized carbons (Fsp3) is 0.364. The molecule has 0 fully saturated rings. The predicted octanol–water partition coefficient (Wildman–Crippen LogP) is 3.49. The molecule has 0 bridgehead atoms. The van der Waals surface area contributed by atoms with Crippen molar-refractivity contribution in [3.8, 4) is 0 Å². The van der Waals surface area contributed by atoms with E-state index in [1.54, 1.807) is 11.8 Å². The molecule has 1 heterocycles. The molecular weight excluding hydrogens is 228 g/mol. The molecule has 0 amide bonds. The van der Waals surface area contributed by atoms with Gasteiger partial charge in [-0.3, -0.25) is 4.99 Å². The van der Waals surface area contributed by atoms with Gasteiger partial charge in [-0.1, -0.05) is 30.3 Å². The lowest BCUT2D eigenvalue weighted by Gasteiger charge is -2.17. The van der Waals surface area contributed by atoms with Crippen LogP contribution in [-0.4, -0.2) is 17.5 Å². The molecule has 1 aliphatic heterocycles. The van der Waals surface area contributed by atoms with E-state index in [0.717, 1.165) is 28.2 Å². The number of nitrogens with one attached hydrogen (secondary N) is 1. The Hall–Kier alpha value is -0.670. The molecule has 1 aromatic carbocycles. The van der Waals surface area contributed by atoms with E-state index in [0.29, 0.717) is 5.92 Å². The number of benzene rings is 1. The molecular formula is C11H13ClN2S. The van der Waals surface area contributed by atoms with Crippen molar-refractivity contribution in [2.24, 2.45) is 10.9 Å². The standard InChI is InChI=1S/C11H13ClN2S/c1-8-6-13-11(15-7-8)14-10-4-2-9(12)3-5-10/h2-5,8H,6-7H2,1H3,(H,13,14). The molecule has 0 saturated carbocycles. The first-order valence-electron chi connectivity index (χ1n) is 4.94. The summed E-state index contributed by atoms with van der Waals surface area (Å²) in [7, 11) is 0. The van der Waals surface area contributed by atoms with Gasteiger partial charge >= 0.3 is 0 Å². The van der Waals surface area contributed by atoms with Crippen LogP contribution in [0.4, 0.5) is 5.69 Å². The van der Waals surface area contributed by atoms with Gasteiger partial charge in [0.1, 0.15) is 0 Å². The minimum Gasteiger partial charge on any atom is -0.335 e. The number of hydrogen-bond acceptors (Lipinski definition) is 3. The Morgan fingerprint density at radius 3 is 2.73 bits per heavy atom. The van der Waals surface area contributed by atoms with Crippen molar-refractivity contribution in [1.29, 1.82) is 0 Å². The average Bonchev–Trinajstić information content (AvgIpc) is 2.25. The van der Waals surface area contributed by atoms with E-state index in [4.69, 9.17) is 11.6 Å². The number of rotatable bonds is 1. The summed E-state index contributed by atoms with van der Waals surface area (Å²) < 4.78 is 0. The van der Waals surface area contributed by atoms with Crippen LogP contribution in [0.15, 0.2) is 29.3 Å². The van der Waals surface area contributed by atoms with Crippen LogP contribution in [-0.2, 0) is 0 Å². The van der Waals surface area contributed by atoms with E-state index in [9.17, 15) is 0 Å². The van der Waals surface area contributed by atoms with Crippen molar-refractivity contribution >= 4 is 34.2 Å². The fourth-order valence-corrected chi connectivity index (χ4v) is 2.32. The topological polar surface area (TPSA) is 24.4 Å². The van der Waals surface area contributed by atoms with Gasteiger partial charge < -0.3 is 5.32 Å². The van der Waals surface area contributed by atoms with Crippen LogP contribution in [0, 0.1) is 5.92 Å². The summed E-state index contributed by atoms with van der Waals surface area (Å²) in [6.07, 6.45) is 0. The molecule has 0 spiro atoms. The second-order valence-electron chi connectivity index (χ2n) is 3.69. The molecule has 1 N–H and O–H groups in total. The molecule has 1 aliphatic rings. The quantitative estimate of drug-likeness (QED) is 0.813. The fourth-order valence-electron chi connectivity index (χ4n) is 1.29. The van der Waals surface area contributed by atoms with Gasteiger partial charge in [0.25, 0.3) is 0 Å². The van der Waals surface area contributed by atoms with Gasteiger partial charge in [0.05, 0.1) is 0 Å². The molecule has 80 valence electrons. The van der Waals surface area contributed by atoms with Gasteiger partial charge in [0.2, 0.25) is 0 Å². The van der Waals surface area contributed by atoms with E-state index in [-0.39, 0.29) is 0 Å². The zero-order valence-electron chi connectivity index (χ0n) is 8.53. The van der Waals surface area contributed by atoms with E-state index in [1.807, 2.05) is 24.3 Å². The van der Waals surface area contributed by atoms with E-state index in [1.165, 1.54) is 0 Å². The Balaban J connectivity index is 2.00. The second kappa shape index (κ2) is 4.90. The smallest absolute Gasteiger partial charge is 0.161 e. The van der Waals surface area contributed by atoms with E-state index < -0.39 is 0 Å². The molecule has 1 unspecified atom stereocenters. The predicted molar refractivity (Wildman–Crippen MR) is 69.0 cm³/mol. The van der Waals surface area contributed by atoms with Gasteiger partial charge in [0, 0.05) is 23.0 Å². The lowest BCUT2D eigenvalue weighted by molar-refractivity contribution is 0.674. The molecule has 1 aromatic rings. The van der Waals surface area contributed by atoms with Crippen molar-refractivity contribution in [2.75, 3.05) is 17.6 Å². The van der Waals surface area contributed by atoms with Gasteiger partial charge in [-0.25, -0.2) is 0 Å². The number of aliphatic imine (C=N–C) groups is 1. The van der Waals surface area contributed by atoms with Gasteiger partial charge in [0.15, 0.2) is 5.17 Å². The average molecular weight is 241 g/mol. The zero-order valence-corrected chi connectivity index (χ0v) is 10.1. The van der Waals surface area contributed by atoms with Gasteiger partial charge in [-0.2, -0.15) is 0 Å². The highest BCUT2D eigenvalue weighted by Crippen LogP contribution is 2.20. The van der Waals surface area contributed by atoms with Gasteiger partial charge in [-0.15, -0.1) is 0 Å². The summed E-state index contributed by atoms with van der Waals surface area (Å²) >= 11 is 7.59. The molecule has 2 nitrogen and oxygen atoms in total. The molecule has 0 saturated heterocycles. The maximum Gasteiger partial charge on any atom is 0.161 e. The Morgan fingerprint density at radius 2 is 2.13 bits per heavy atom. The van der Waals surface area contributed by atoms with Gasteiger partial charge in [-0.05, 0) is 30.2 Å². The normalized spacial score (nSPS) is 20.9. The summed E-state index contributed by atoms with van der Waals surface area (Å²) in [6.45, 7) is 3.14. The van der Waals surface area contributed by atoms with Crippen LogP contribution in [0.2, 0.25) is 5.02 Å². The van der Waals surface area contributed by atoms with Crippen molar-refractivity contribution in [1.82, 2.24) is 0 Å². The third-order valence-electron chi connectivity index (χ3n) is 2.15. The van der Waals surface area contributed by atoms with Crippen LogP contribution < -0.4 is 5.32 Å². The van der Waals surface area contributed by atoms with Crippen molar-refractivity contribution in [3.63, 3.8) is 0 Å². The lowest BCUT2D eigenvalue weighted by Crippen LogP contribution is -2.18. The summed E-state index contributed by atoms with van der Waals surface area (Å²) in [5.74, 6) is 1.82. The minimum atomic E-state index is 0.686. The van der Waals surface area contributed by atoms with Crippen molar-refractivity contribution in [3.05, 3.63) is 29.3 Å². The zero-order chi connectivity index (χ0) is 10.7. The number of nitrogens with zero attached hydrogens (tertiary/aromatic N) is 1. The Kier molecular flexibility index (Phi) is 3.54. The molecule has 2 rings (SSSR count). The minimum absolute atomic E-state index is 0.686. The first-order valence-corrected chi connectivity index (χ1v) is 6.30. The third-order valence-corrected chi connectivity index (χ3v) is 3.64. The largest absolute Gasteiger partial charge is 0.335 e. The monoisotopic (exact) mass is 240 g/mol. The molecule has 15 heavy (non-hydrogen) atoms. The number of hydrogen-bond donors (Lipinski definition) is 1. The van der Waals surface area contributed by atoms with Crippen LogP contribution in [0.5, 0.6) is 0 Å². The SMILES string of the molecule is CC1CN=C(Nc2ccc(Cl)cc2)SC1. The number of amidine groups is 1. The molecule has 0 aromatic heterocycles. The molecule has 1 atom stereocenters. The Labute approximate surface area is 99.1 Å². The summed E-state index contributed by atoms with van der Waals surface area (Å²) in [5, 5.41) is 5.05. The van der Waals surface area contributed by atoms with E-state index in [2.05, 4.69) is 17.2 Å². The first kappa shape index (κ1) is 10.8. The number of anilines is 1. The molecule has 4 heteroatoms. The lowest BCUT2D eigenvalue weighted by atomic mass is 10.2. The number of thioether (sulfide) groups is 1. The summed E-state index contributed by atoms with van der Waals surface area (Å²) in [5.41, 5.74) is 1.04. The first-order chi connectivity index (χ1) is 7.24. The highest BCUT2D eigenvalue weighted by Gasteiger charge is 2.11. The van der Waals surface area contributed by atoms with Crippen molar-refractivity contribution < 1.29 is 0 Å². The number of halogens is 1. The highest BCUT2D eigenvalue weighted by molar-refractivity contribution is 8.14. The summed E-state index contributed by atoms with van der Waals surface area (Å²) in [6, 6.07) is 7.67. The second-order valence-corrected chi connectivity index (χ2v) is 5.14. The van der Waals surface area contributed by atoms with Crippen LogP contribution in [0.3, 0.4) is 0 Å². The highest BCUT2D eigenvalue weighted by atomic mass is 35.5. The van der Waals surface area contributed by atoms with E-state index >= 15 is 0 Å². The Morgan fingerprint density at radius 1 is 1.40 bits per heavy atom. The summed E-state index contributed by atoms with van der Waals surface area (Å²) in [4.78, 5) is 4.46. The third kappa shape index (κ3) is 3.14. The molecule has 0 radical (unpaired) electrons. The maximum atomic E-state index is 5.81.